The van der Waals surface area contributed by atoms with Gasteiger partial charge in [-0.3, -0.25) is 24.3 Å². The van der Waals surface area contributed by atoms with Crippen LogP contribution >= 0.6 is 11.8 Å². The molecule has 10 nitrogen and oxygen atoms in total. The van der Waals surface area contributed by atoms with E-state index in [-0.39, 0.29) is 17.0 Å². The van der Waals surface area contributed by atoms with Crippen molar-refractivity contribution >= 4 is 46.5 Å². The molecule has 0 atom stereocenters. The van der Waals surface area contributed by atoms with Gasteiger partial charge >= 0.3 is 0 Å². The summed E-state index contributed by atoms with van der Waals surface area (Å²) in [5.41, 5.74) is 3.66. The number of allylic oxidation sites excluding steroid dienone is 1. The lowest BCUT2D eigenvalue weighted by Gasteiger charge is -2.13. The summed E-state index contributed by atoms with van der Waals surface area (Å²) >= 11 is 1.10. The van der Waals surface area contributed by atoms with Crippen molar-refractivity contribution in [3.8, 4) is 11.4 Å². The Bertz CT molecular complexity index is 1580. The summed E-state index contributed by atoms with van der Waals surface area (Å²) in [6.07, 6.45) is 4.34. The molecular formula is C27H23N5O5S. The summed E-state index contributed by atoms with van der Waals surface area (Å²) < 4.78 is 6.96. The van der Waals surface area contributed by atoms with Crippen molar-refractivity contribution < 1.29 is 14.5 Å². The first-order valence-corrected chi connectivity index (χ1v) is 12.6. The number of nitrogens with zero attached hydrogens (tertiary/aromatic N) is 4. The fourth-order valence-electron chi connectivity index (χ4n) is 3.55. The number of hydrogen-bond donors (Lipinski definition) is 1. The summed E-state index contributed by atoms with van der Waals surface area (Å²) in [4.78, 5) is 41.0. The molecule has 1 aromatic heterocycles. The smallest absolute Gasteiger partial charge is 0.276 e. The minimum atomic E-state index is -0.469. The van der Waals surface area contributed by atoms with E-state index < -0.39 is 10.8 Å². The number of rotatable bonds is 10. The van der Waals surface area contributed by atoms with Gasteiger partial charge in [0.05, 0.1) is 39.4 Å². The van der Waals surface area contributed by atoms with Crippen molar-refractivity contribution in [2.75, 3.05) is 12.4 Å². The Morgan fingerprint density at radius 1 is 1.13 bits per heavy atom. The highest BCUT2D eigenvalue weighted by Crippen LogP contribution is 2.23. The molecule has 38 heavy (non-hydrogen) atoms. The summed E-state index contributed by atoms with van der Waals surface area (Å²) in [5, 5.41) is 15.8. The van der Waals surface area contributed by atoms with Gasteiger partial charge in [-0.15, -0.1) is 0 Å². The highest BCUT2D eigenvalue weighted by Gasteiger charge is 2.15. The maximum Gasteiger partial charge on any atom is 0.276 e. The third-order valence-corrected chi connectivity index (χ3v) is 6.18. The van der Waals surface area contributed by atoms with Crippen molar-refractivity contribution in [2.24, 2.45) is 5.10 Å². The molecule has 1 amide bonds. The van der Waals surface area contributed by atoms with Gasteiger partial charge in [0.15, 0.2) is 5.16 Å². The van der Waals surface area contributed by atoms with Crippen LogP contribution in [0.1, 0.15) is 12.5 Å². The van der Waals surface area contributed by atoms with Crippen LogP contribution in [-0.2, 0) is 4.79 Å². The van der Waals surface area contributed by atoms with E-state index >= 15 is 0 Å². The molecule has 0 fully saturated rings. The molecule has 0 aliphatic carbocycles. The summed E-state index contributed by atoms with van der Waals surface area (Å²) in [6, 6.07) is 20.4. The molecule has 0 radical (unpaired) electrons. The Hall–Kier alpha value is -4.77. The first-order valence-electron chi connectivity index (χ1n) is 11.6. The zero-order valence-corrected chi connectivity index (χ0v) is 21.1. The van der Waals surface area contributed by atoms with E-state index in [0.717, 1.165) is 11.8 Å². The number of carbonyl (C=O) groups excluding carboxylic acids is 1. The molecule has 0 bridgehead atoms. The fraction of sp³-hybridized carbons (Fsp3) is 0.111. The van der Waals surface area contributed by atoms with E-state index in [1.807, 2.05) is 6.92 Å². The number of benzene rings is 3. The Labute approximate surface area is 221 Å². The van der Waals surface area contributed by atoms with Gasteiger partial charge in [-0.1, -0.05) is 36.0 Å². The number of aromatic nitrogens is 2. The van der Waals surface area contributed by atoms with Gasteiger partial charge < -0.3 is 4.74 Å². The topological polar surface area (TPSA) is 129 Å². The molecule has 11 heteroatoms. The number of amides is 1. The second-order valence-corrected chi connectivity index (χ2v) is 8.70. The van der Waals surface area contributed by atoms with Crippen molar-refractivity contribution in [3.05, 3.63) is 105 Å². The molecule has 192 valence electrons. The number of hydrogen-bond acceptors (Lipinski definition) is 8. The molecule has 4 rings (SSSR count). The average molecular weight is 530 g/mol. The fourth-order valence-corrected chi connectivity index (χ4v) is 4.36. The van der Waals surface area contributed by atoms with Gasteiger partial charge in [0, 0.05) is 12.3 Å². The Morgan fingerprint density at radius 3 is 2.63 bits per heavy atom. The van der Waals surface area contributed by atoms with Crippen LogP contribution in [0.25, 0.3) is 22.7 Å². The number of fused-ring (bicyclic) bond motifs is 1. The number of carbonyl (C=O) groups is 1. The third-order valence-electron chi connectivity index (χ3n) is 5.24. The molecule has 1 N–H and O–H groups in total. The van der Waals surface area contributed by atoms with E-state index in [1.165, 1.54) is 29.0 Å². The molecule has 1 heterocycles. The van der Waals surface area contributed by atoms with E-state index in [4.69, 9.17) is 4.74 Å². The molecule has 0 aliphatic rings. The van der Waals surface area contributed by atoms with E-state index in [9.17, 15) is 19.7 Å². The van der Waals surface area contributed by atoms with Crippen LogP contribution in [0.5, 0.6) is 5.75 Å². The van der Waals surface area contributed by atoms with Gasteiger partial charge in [-0.2, -0.15) is 5.10 Å². The Balaban J connectivity index is 1.48. The Kier molecular flexibility index (Phi) is 8.62. The van der Waals surface area contributed by atoms with E-state index in [2.05, 4.69) is 15.5 Å². The van der Waals surface area contributed by atoms with Crippen molar-refractivity contribution in [3.63, 3.8) is 0 Å². The molecule has 3 aromatic carbocycles. The number of nitro groups is 1. The van der Waals surface area contributed by atoms with Crippen LogP contribution in [0.3, 0.4) is 0 Å². The van der Waals surface area contributed by atoms with Gasteiger partial charge in [0.25, 0.3) is 17.2 Å². The molecule has 0 saturated carbocycles. The normalized spacial score (nSPS) is 11.3. The summed E-state index contributed by atoms with van der Waals surface area (Å²) in [7, 11) is 0. The zero-order chi connectivity index (χ0) is 26.9. The molecule has 0 spiro atoms. The highest BCUT2D eigenvalue weighted by molar-refractivity contribution is 7.99. The van der Waals surface area contributed by atoms with Gasteiger partial charge in [0.2, 0.25) is 0 Å². The lowest BCUT2D eigenvalue weighted by atomic mass is 10.2. The summed E-state index contributed by atoms with van der Waals surface area (Å²) in [6.45, 7) is 2.42. The predicted molar refractivity (Wildman–Crippen MR) is 148 cm³/mol. The standard InChI is InChI=1S/C27H23N5O5S/c1-2-37-21-15-13-20(14-16-21)31-26(34)22-10-4-5-11-23(22)29-27(31)38-18-25(33)30-28-17-7-9-19-8-3-6-12-24(19)32(35)36/h3-17H,2,18H2,1H3,(H,30,33). The highest BCUT2D eigenvalue weighted by atomic mass is 32.2. The van der Waals surface area contributed by atoms with Crippen LogP contribution in [0.2, 0.25) is 0 Å². The minimum absolute atomic E-state index is 0.0287. The average Bonchev–Trinajstić information content (AvgIpc) is 2.93. The first kappa shape index (κ1) is 26.3. The zero-order valence-electron chi connectivity index (χ0n) is 20.3. The molecule has 0 unspecified atom stereocenters. The van der Waals surface area contributed by atoms with Crippen LogP contribution in [0.15, 0.2) is 93.9 Å². The van der Waals surface area contributed by atoms with Crippen LogP contribution in [0.4, 0.5) is 5.69 Å². The van der Waals surface area contributed by atoms with Crippen molar-refractivity contribution in [2.45, 2.75) is 12.1 Å². The summed E-state index contributed by atoms with van der Waals surface area (Å²) in [5.74, 6) is 0.221. The molecular weight excluding hydrogens is 506 g/mol. The lowest BCUT2D eigenvalue weighted by Crippen LogP contribution is -2.24. The van der Waals surface area contributed by atoms with Crippen molar-refractivity contribution in [1.82, 2.24) is 15.0 Å². The third kappa shape index (κ3) is 6.31. The largest absolute Gasteiger partial charge is 0.494 e. The number of ether oxygens (including phenoxy) is 1. The number of nitro benzene ring substituents is 1. The molecule has 4 aromatic rings. The van der Waals surface area contributed by atoms with Crippen LogP contribution < -0.4 is 15.7 Å². The van der Waals surface area contributed by atoms with Gasteiger partial charge in [-0.25, -0.2) is 10.4 Å². The van der Waals surface area contributed by atoms with Crippen LogP contribution in [0, 0.1) is 10.1 Å². The SMILES string of the molecule is CCOc1ccc(-n2c(SCC(=O)NN=CC=Cc3ccccc3[N+](=O)[O-])nc3ccccc3c2=O)cc1. The van der Waals surface area contributed by atoms with Gasteiger partial charge in [-0.05, 0) is 61.5 Å². The minimum Gasteiger partial charge on any atom is -0.494 e. The number of hydrazone groups is 1. The quantitative estimate of drug-likeness (QED) is 0.104. The number of para-hydroxylation sites is 2. The lowest BCUT2D eigenvalue weighted by molar-refractivity contribution is -0.385. The van der Waals surface area contributed by atoms with E-state index in [0.29, 0.717) is 39.7 Å². The molecule has 0 saturated heterocycles. The second-order valence-electron chi connectivity index (χ2n) is 7.76. The number of thioether (sulfide) groups is 1. The van der Waals surface area contributed by atoms with Crippen LogP contribution in [-0.4, -0.2) is 39.0 Å². The maximum atomic E-state index is 13.3. The maximum absolute atomic E-state index is 13.3. The van der Waals surface area contributed by atoms with Gasteiger partial charge in [0.1, 0.15) is 5.75 Å². The predicted octanol–water partition coefficient (Wildman–Crippen LogP) is 4.60. The monoisotopic (exact) mass is 529 g/mol. The second kappa shape index (κ2) is 12.5. The number of nitrogens with one attached hydrogen (secondary N) is 1. The Morgan fingerprint density at radius 2 is 1.87 bits per heavy atom. The first-order chi connectivity index (χ1) is 18.5. The van der Waals surface area contributed by atoms with E-state index in [1.54, 1.807) is 66.7 Å². The van der Waals surface area contributed by atoms with Crippen molar-refractivity contribution in [1.29, 1.82) is 0 Å². The molecule has 0 aliphatic heterocycles.